The molecule has 0 saturated carbocycles. The van der Waals surface area contributed by atoms with Crippen LogP contribution in [0.2, 0.25) is 5.02 Å². The first-order valence-electron chi connectivity index (χ1n) is 8.40. The van der Waals surface area contributed by atoms with Gasteiger partial charge < -0.3 is 20.0 Å². The average molecular weight is 403 g/mol. The molecule has 0 radical (unpaired) electrons. The highest BCUT2D eigenvalue weighted by atomic mass is 35.5. The Labute approximate surface area is 165 Å². The van der Waals surface area contributed by atoms with Gasteiger partial charge in [0.1, 0.15) is 10.6 Å². The van der Waals surface area contributed by atoms with Crippen molar-refractivity contribution in [3.63, 3.8) is 0 Å². The van der Waals surface area contributed by atoms with Crippen LogP contribution in [0.15, 0.2) is 48.5 Å². The summed E-state index contributed by atoms with van der Waals surface area (Å²) in [6.45, 7) is 2.41. The Bertz CT molecular complexity index is 968. The van der Waals surface area contributed by atoms with Crippen LogP contribution in [0.5, 0.6) is 5.75 Å². The second-order valence-corrected chi connectivity index (χ2v) is 7.28. The maximum Gasteiger partial charge on any atom is 0.263 e. The predicted octanol–water partition coefficient (Wildman–Crippen LogP) is 3.56. The smallest absolute Gasteiger partial charge is 0.263 e. The maximum absolute atomic E-state index is 12.7. The molecule has 0 fully saturated rings. The number of carbonyl (C=O) groups excluding carboxylic acids is 2. The van der Waals surface area contributed by atoms with Gasteiger partial charge in [0.05, 0.1) is 17.7 Å². The van der Waals surface area contributed by atoms with E-state index in [1.165, 1.54) is 11.3 Å². The number of carboxylic acid groups (broad SMARTS) is 1. The van der Waals surface area contributed by atoms with Crippen LogP contribution in [0, 0.1) is 0 Å². The summed E-state index contributed by atoms with van der Waals surface area (Å²) in [4.78, 5) is 24.3. The van der Waals surface area contributed by atoms with Crippen LogP contribution in [-0.4, -0.2) is 18.5 Å². The van der Waals surface area contributed by atoms with Crippen LogP contribution in [-0.2, 0) is 4.79 Å². The minimum atomic E-state index is -1.25. The first-order valence-corrected chi connectivity index (χ1v) is 9.59. The van der Waals surface area contributed by atoms with Gasteiger partial charge >= 0.3 is 0 Å². The van der Waals surface area contributed by atoms with E-state index in [2.05, 4.69) is 5.32 Å². The number of benzene rings is 2. The summed E-state index contributed by atoms with van der Waals surface area (Å²) in [7, 11) is 0. The minimum Gasteiger partial charge on any atom is -0.550 e. The minimum absolute atomic E-state index is 0.345. The van der Waals surface area contributed by atoms with Crippen LogP contribution in [0.3, 0.4) is 0 Å². The first-order chi connectivity index (χ1) is 13.0. The Morgan fingerprint density at radius 2 is 1.89 bits per heavy atom. The zero-order valence-electron chi connectivity index (χ0n) is 14.5. The second-order valence-electron chi connectivity index (χ2n) is 5.85. The second kappa shape index (κ2) is 8.41. The van der Waals surface area contributed by atoms with Gasteiger partial charge in [0.2, 0.25) is 0 Å². The van der Waals surface area contributed by atoms with Gasteiger partial charge in [-0.15, -0.1) is 11.3 Å². The molecular formula is C20H17ClNO4S-. The number of carboxylic acids is 1. The number of thiophene rings is 1. The number of ether oxygens (including phenoxy) is 1. The van der Waals surface area contributed by atoms with Crippen molar-refractivity contribution >= 4 is 44.9 Å². The molecular weight excluding hydrogens is 386 g/mol. The van der Waals surface area contributed by atoms with Crippen molar-refractivity contribution in [2.45, 2.75) is 19.4 Å². The van der Waals surface area contributed by atoms with E-state index in [9.17, 15) is 14.7 Å². The van der Waals surface area contributed by atoms with Gasteiger partial charge in [0, 0.05) is 22.5 Å². The summed E-state index contributed by atoms with van der Waals surface area (Å²) in [5, 5.41) is 15.1. The molecule has 27 heavy (non-hydrogen) atoms. The molecule has 1 atom stereocenters. The van der Waals surface area contributed by atoms with Crippen molar-refractivity contribution in [2.75, 3.05) is 6.61 Å². The fraction of sp³-hybridized carbons (Fsp3) is 0.200. The third-order valence-electron chi connectivity index (χ3n) is 4.01. The highest BCUT2D eigenvalue weighted by Crippen LogP contribution is 2.35. The quantitative estimate of drug-likeness (QED) is 0.655. The Morgan fingerprint density at radius 3 is 2.52 bits per heavy atom. The van der Waals surface area contributed by atoms with Gasteiger partial charge in [0.15, 0.2) is 0 Å². The molecule has 1 heterocycles. The van der Waals surface area contributed by atoms with Crippen LogP contribution >= 0.6 is 22.9 Å². The number of rotatable bonds is 7. The molecule has 0 aliphatic rings. The Morgan fingerprint density at radius 1 is 1.19 bits per heavy atom. The number of hydrogen-bond acceptors (Lipinski definition) is 5. The lowest BCUT2D eigenvalue weighted by Crippen LogP contribution is -2.34. The van der Waals surface area contributed by atoms with E-state index < -0.39 is 17.9 Å². The molecule has 7 heteroatoms. The summed E-state index contributed by atoms with van der Waals surface area (Å²) in [6, 6.07) is 13.6. The normalized spacial score (nSPS) is 11.9. The van der Waals surface area contributed by atoms with Gasteiger partial charge in [-0.2, -0.15) is 0 Å². The fourth-order valence-electron chi connectivity index (χ4n) is 2.77. The lowest BCUT2D eigenvalue weighted by Gasteiger charge is -2.20. The highest BCUT2D eigenvalue weighted by molar-refractivity contribution is 7.21. The number of aliphatic carboxylic acids is 1. The van der Waals surface area contributed by atoms with E-state index in [1.807, 2.05) is 31.2 Å². The summed E-state index contributed by atoms with van der Waals surface area (Å²) < 4.78 is 6.28. The van der Waals surface area contributed by atoms with E-state index in [-0.39, 0.29) is 6.42 Å². The van der Waals surface area contributed by atoms with E-state index in [0.29, 0.717) is 27.8 Å². The lowest BCUT2D eigenvalue weighted by molar-refractivity contribution is -0.306. The number of nitrogens with one attached hydrogen (secondary N) is 1. The van der Waals surface area contributed by atoms with E-state index >= 15 is 0 Å². The molecule has 3 rings (SSSR count). The topological polar surface area (TPSA) is 78.5 Å². The molecule has 1 N–H and O–H groups in total. The van der Waals surface area contributed by atoms with Crippen LogP contribution in [0.4, 0.5) is 0 Å². The SMILES string of the molecule is CCOc1ccc([C@@H](CC(=O)[O-])NC(=O)c2sc3ccccc3c2Cl)cc1. The van der Waals surface area contributed by atoms with Gasteiger partial charge in [0.25, 0.3) is 5.91 Å². The monoisotopic (exact) mass is 402 g/mol. The number of carbonyl (C=O) groups is 2. The van der Waals surface area contributed by atoms with Crippen LogP contribution in [0.1, 0.15) is 34.6 Å². The summed E-state index contributed by atoms with van der Waals surface area (Å²) in [5.74, 6) is -0.995. The molecule has 0 saturated heterocycles. The fourth-order valence-corrected chi connectivity index (χ4v) is 4.19. The molecule has 0 spiro atoms. The van der Waals surface area contributed by atoms with E-state index in [0.717, 1.165) is 10.1 Å². The van der Waals surface area contributed by atoms with Crippen molar-refractivity contribution in [3.8, 4) is 5.75 Å². The Kier molecular flexibility index (Phi) is 5.98. The molecule has 0 aliphatic carbocycles. The molecule has 5 nitrogen and oxygen atoms in total. The standard InChI is InChI=1S/C20H18ClNO4S/c1-2-26-13-9-7-12(8-10-13)15(11-17(23)24)22-20(25)19-18(21)14-5-3-4-6-16(14)27-19/h3-10,15H,2,11H2,1H3,(H,22,25)(H,23,24)/p-1/t15-/m1/s1. The van der Waals surface area contributed by atoms with Crippen molar-refractivity contribution < 1.29 is 19.4 Å². The Balaban J connectivity index is 1.85. The van der Waals surface area contributed by atoms with Gasteiger partial charge in [-0.05, 0) is 30.7 Å². The highest BCUT2D eigenvalue weighted by Gasteiger charge is 2.21. The number of halogens is 1. The molecule has 0 bridgehead atoms. The maximum atomic E-state index is 12.7. The Hall–Kier alpha value is -2.57. The zero-order chi connectivity index (χ0) is 19.4. The first kappa shape index (κ1) is 19.2. The number of hydrogen-bond donors (Lipinski definition) is 1. The molecule has 1 aromatic heterocycles. The summed E-state index contributed by atoms with van der Waals surface area (Å²) >= 11 is 7.62. The summed E-state index contributed by atoms with van der Waals surface area (Å²) in [5.41, 5.74) is 0.647. The average Bonchev–Trinajstić information content (AvgIpc) is 2.99. The lowest BCUT2D eigenvalue weighted by atomic mass is 10.0. The van der Waals surface area contributed by atoms with Crippen molar-refractivity contribution in [1.29, 1.82) is 0 Å². The predicted molar refractivity (Wildman–Crippen MR) is 104 cm³/mol. The number of amides is 1. The number of fused-ring (bicyclic) bond motifs is 1. The van der Waals surface area contributed by atoms with Crippen LogP contribution in [0.25, 0.3) is 10.1 Å². The molecule has 140 valence electrons. The van der Waals surface area contributed by atoms with Gasteiger partial charge in [-0.3, -0.25) is 4.79 Å². The zero-order valence-corrected chi connectivity index (χ0v) is 16.1. The van der Waals surface area contributed by atoms with E-state index in [1.54, 1.807) is 24.3 Å². The third kappa shape index (κ3) is 4.40. The van der Waals surface area contributed by atoms with Crippen molar-refractivity contribution in [3.05, 3.63) is 64.0 Å². The molecule has 0 unspecified atom stereocenters. The molecule has 1 amide bonds. The third-order valence-corrected chi connectivity index (χ3v) is 5.68. The summed E-state index contributed by atoms with van der Waals surface area (Å²) in [6.07, 6.45) is -0.345. The van der Waals surface area contributed by atoms with E-state index in [4.69, 9.17) is 16.3 Å². The van der Waals surface area contributed by atoms with Crippen molar-refractivity contribution in [1.82, 2.24) is 5.32 Å². The van der Waals surface area contributed by atoms with Gasteiger partial charge in [-0.1, -0.05) is 41.9 Å². The molecule has 3 aromatic rings. The van der Waals surface area contributed by atoms with Gasteiger partial charge in [-0.25, -0.2) is 0 Å². The largest absolute Gasteiger partial charge is 0.550 e. The van der Waals surface area contributed by atoms with Crippen LogP contribution < -0.4 is 15.2 Å². The molecule has 2 aromatic carbocycles. The molecule has 0 aliphatic heterocycles. The van der Waals surface area contributed by atoms with Crippen molar-refractivity contribution in [2.24, 2.45) is 0 Å².